The standard InChI is InChI=1S/C9H6OS2/c10-12-4-2-6-5-8-7(9(6)12)1-3-11-8/h1-5,8H. The van der Waals surface area contributed by atoms with Crippen LogP contribution in [0.3, 0.4) is 0 Å². The van der Waals surface area contributed by atoms with E-state index in [1.54, 1.807) is 17.2 Å². The molecule has 0 aromatic carbocycles. The van der Waals surface area contributed by atoms with E-state index in [2.05, 4.69) is 17.6 Å². The Morgan fingerprint density at radius 1 is 1.42 bits per heavy atom. The summed E-state index contributed by atoms with van der Waals surface area (Å²) in [5.74, 6) is 0. The van der Waals surface area contributed by atoms with Crippen LogP contribution in [0.4, 0.5) is 0 Å². The molecule has 0 spiro atoms. The Bertz CT molecular complexity index is 399. The zero-order valence-corrected chi connectivity index (χ0v) is 7.82. The minimum absolute atomic E-state index is 0.448. The molecule has 0 bridgehead atoms. The summed E-state index contributed by atoms with van der Waals surface area (Å²) in [6, 6.07) is 0. The Hall–Kier alpha value is -0.540. The minimum Gasteiger partial charge on any atom is -0.250 e. The van der Waals surface area contributed by atoms with Crippen LogP contribution in [0, 0.1) is 0 Å². The van der Waals surface area contributed by atoms with Crippen LogP contribution >= 0.6 is 11.8 Å². The van der Waals surface area contributed by atoms with E-state index in [1.807, 2.05) is 6.08 Å². The van der Waals surface area contributed by atoms with Crippen molar-refractivity contribution in [3.05, 3.63) is 45.1 Å². The summed E-state index contributed by atoms with van der Waals surface area (Å²) in [7, 11) is -0.873. The first kappa shape index (κ1) is 6.92. The van der Waals surface area contributed by atoms with Gasteiger partial charge in [-0.05, 0) is 28.7 Å². The third-order valence-corrected chi connectivity index (χ3v) is 4.44. The maximum absolute atomic E-state index is 11.5. The van der Waals surface area contributed by atoms with Gasteiger partial charge in [-0.2, -0.15) is 0 Å². The average Bonchev–Trinajstić information content (AvgIpc) is 2.61. The topological polar surface area (TPSA) is 17.1 Å². The van der Waals surface area contributed by atoms with Gasteiger partial charge in [0.2, 0.25) is 0 Å². The number of thioether (sulfide) groups is 1. The van der Waals surface area contributed by atoms with Gasteiger partial charge >= 0.3 is 0 Å². The molecule has 0 amide bonds. The van der Waals surface area contributed by atoms with Crippen LogP contribution in [-0.4, -0.2) is 9.46 Å². The van der Waals surface area contributed by atoms with E-state index < -0.39 is 10.8 Å². The van der Waals surface area contributed by atoms with Crippen LogP contribution in [0.25, 0.3) is 0 Å². The van der Waals surface area contributed by atoms with Crippen LogP contribution in [0.15, 0.2) is 45.1 Å². The molecule has 3 aliphatic rings. The Morgan fingerprint density at radius 2 is 2.33 bits per heavy atom. The summed E-state index contributed by atoms with van der Waals surface area (Å²) in [6.45, 7) is 0. The van der Waals surface area contributed by atoms with E-state index in [0.717, 1.165) is 4.91 Å². The molecule has 0 radical (unpaired) electrons. The fourth-order valence-electron chi connectivity index (χ4n) is 1.67. The molecule has 2 heterocycles. The summed E-state index contributed by atoms with van der Waals surface area (Å²) in [6.07, 6.45) is 6.24. The van der Waals surface area contributed by atoms with Crippen molar-refractivity contribution >= 4 is 22.6 Å². The lowest BCUT2D eigenvalue weighted by Gasteiger charge is -1.99. The molecule has 1 nitrogen and oxygen atoms in total. The van der Waals surface area contributed by atoms with Gasteiger partial charge < -0.3 is 0 Å². The second kappa shape index (κ2) is 2.24. The lowest BCUT2D eigenvalue weighted by atomic mass is 10.2. The van der Waals surface area contributed by atoms with Crippen molar-refractivity contribution in [3.8, 4) is 0 Å². The van der Waals surface area contributed by atoms with E-state index in [-0.39, 0.29) is 0 Å². The normalized spacial score (nSPS) is 35.8. The van der Waals surface area contributed by atoms with E-state index in [9.17, 15) is 4.21 Å². The van der Waals surface area contributed by atoms with Crippen molar-refractivity contribution in [2.24, 2.45) is 0 Å². The fourth-order valence-corrected chi connectivity index (χ4v) is 3.91. The van der Waals surface area contributed by atoms with Crippen LogP contribution in [0.5, 0.6) is 0 Å². The minimum atomic E-state index is -0.873. The number of allylic oxidation sites excluding steroid dienone is 3. The number of rotatable bonds is 0. The largest absolute Gasteiger partial charge is 0.250 e. The molecule has 1 aliphatic carbocycles. The average molecular weight is 194 g/mol. The lowest BCUT2D eigenvalue weighted by molar-refractivity contribution is 0.692. The molecular weight excluding hydrogens is 188 g/mol. The van der Waals surface area contributed by atoms with Gasteiger partial charge in [0.15, 0.2) is 0 Å². The molecule has 2 unspecified atom stereocenters. The zero-order chi connectivity index (χ0) is 8.13. The number of fused-ring (bicyclic) bond motifs is 2. The van der Waals surface area contributed by atoms with E-state index >= 15 is 0 Å². The van der Waals surface area contributed by atoms with Crippen molar-refractivity contribution in [1.82, 2.24) is 0 Å². The highest BCUT2D eigenvalue weighted by molar-refractivity contribution is 8.03. The van der Waals surface area contributed by atoms with E-state index in [4.69, 9.17) is 0 Å². The van der Waals surface area contributed by atoms with Gasteiger partial charge in [-0.25, -0.2) is 4.21 Å². The monoisotopic (exact) mass is 194 g/mol. The van der Waals surface area contributed by atoms with Gasteiger partial charge in [0.1, 0.15) is 0 Å². The van der Waals surface area contributed by atoms with Gasteiger partial charge in [-0.15, -0.1) is 11.8 Å². The maximum Gasteiger partial charge on any atom is 0.0785 e. The zero-order valence-electron chi connectivity index (χ0n) is 6.19. The molecule has 0 N–H and O–H groups in total. The van der Waals surface area contributed by atoms with Gasteiger partial charge in [-0.3, -0.25) is 0 Å². The fraction of sp³-hybridized carbons (Fsp3) is 0.111. The SMILES string of the molecule is O=S1C=CC2=CC3SC=CC3=C21. The lowest BCUT2D eigenvalue weighted by Crippen LogP contribution is -1.93. The molecule has 0 saturated heterocycles. The van der Waals surface area contributed by atoms with Crippen molar-refractivity contribution in [1.29, 1.82) is 0 Å². The van der Waals surface area contributed by atoms with Gasteiger partial charge in [-0.1, -0.05) is 6.08 Å². The molecule has 0 fully saturated rings. The van der Waals surface area contributed by atoms with Crippen molar-refractivity contribution in [2.75, 3.05) is 0 Å². The van der Waals surface area contributed by atoms with Crippen molar-refractivity contribution in [2.45, 2.75) is 5.25 Å². The molecule has 60 valence electrons. The summed E-state index contributed by atoms with van der Waals surface area (Å²) in [5, 5.41) is 4.29. The van der Waals surface area contributed by atoms with Gasteiger partial charge in [0.05, 0.1) is 21.0 Å². The van der Waals surface area contributed by atoms with Crippen LogP contribution in [-0.2, 0) is 10.8 Å². The molecule has 12 heavy (non-hydrogen) atoms. The number of hydrogen-bond acceptors (Lipinski definition) is 2. The van der Waals surface area contributed by atoms with Crippen molar-refractivity contribution in [3.63, 3.8) is 0 Å². The summed E-state index contributed by atoms with van der Waals surface area (Å²) in [4.78, 5) is 1.04. The molecule has 0 aromatic rings. The molecule has 2 atom stereocenters. The quantitative estimate of drug-likeness (QED) is 0.587. The molecule has 3 rings (SSSR count). The van der Waals surface area contributed by atoms with Crippen LogP contribution in [0.2, 0.25) is 0 Å². The molecule has 3 heteroatoms. The van der Waals surface area contributed by atoms with Crippen LogP contribution in [0.1, 0.15) is 0 Å². The molecular formula is C9H6OS2. The highest BCUT2D eigenvalue weighted by Gasteiger charge is 2.31. The summed E-state index contributed by atoms with van der Waals surface area (Å²) >= 11 is 1.79. The second-order valence-corrected chi connectivity index (χ2v) is 5.19. The maximum atomic E-state index is 11.5. The highest BCUT2D eigenvalue weighted by Crippen LogP contribution is 2.44. The Balaban J connectivity index is 2.26. The third kappa shape index (κ3) is 0.730. The summed E-state index contributed by atoms with van der Waals surface area (Å²) < 4.78 is 11.5. The van der Waals surface area contributed by atoms with Gasteiger partial charge in [0.25, 0.3) is 0 Å². The first-order valence-electron chi connectivity index (χ1n) is 3.73. The van der Waals surface area contributed by atoms with Gasteiger partial charge in [0, 0.05) is 5.41 Å². The molecule has 0 aromatic heterocycles. The molecule has 2 aliphatic heterocycles. The number of hydrogen-bond donors (Lipinski definition) is 0. The van der Waals surface area contributed by atoms with Crippen molar-refractivity contribution < 1.29 is 4.21 Å². The Morgan fingerprint density at radius 3 is 3.25 bits per heavy atom. The predicted octanol–water partition coefficient (Wildman–Crippen LogP) is 2.09. The van der Waals surface area contributed by atoms with Crippen LogP contribution < -0.4 is 0 Å². The third-order valence-electron chi connectivity index (χ3n) is 2.21. The first-order valence-corrected chi connectivity index (χ1v) is 5.89. The smallest absolute Gasteiger partial charge is 0.0785 e. The second-order valence-electron chi connectivity index (χ2n) is 2.87. The Kier molecular flexibility index (Phi) is 1.29. The molecule has 0 saturated carbocycles. The highest BCUT2D eigenvalue weighted by atomic mass is 32.2. The van der Waals surface area contributed by atoms with E-state index in [0.29, 0.717) is 5.25 Å². The Labute approximate surface area is 77.4 Å². The first-order chi connectivity index (χ1) is 5.86. The summed E-state index contributed by atoms with van der Waals surface area (Å²) in [5.41, 5.74) is 2.42. The van der Waals surface area contributed by atoms with E-state index in [1.165, 1.54) is 11.1 Å². The predicted molar refractivity (Wildman–Crippen MR) is 52.9 cm³/mol.